The summed E-state index contributed by atoms with van der Waals surface area (Å²) < 4.78 is 2.01. The second kappa shape index (κ2) is 6.96. The number of benzene rings is 3. The predicted octanol–water partition coefficient (Wildman–Crippen LogP) is 5.40. The van der Waals surface area contributed by atoms with E-state index in [1.54, 1.807) is 0 Å². The number of nitrogens with zero attached hydrogens (tertiary/aromatic N) is 1. The van der Waals surface area contributed by atoms with Gasteiger partial charge in [-0.1, -0.05) is 36.4 Å². The maximum absolute atomic E-state index is 12.6. The Balaban J connectivity index is 1.79. The average molecular weight is 406 g/mol. The molecule has 0 aliphatic heterocycles. The van der Waals surface area contributed by atoms with Gasteiger partial charge in [-0.3, -0.25) is 10.2 Å². The van der Waals surface area contributed by atoms with Crippen molar-refractivity contribution >= 4 is 33.0 Å². The van der Waals surface area contributed by atoms with Gasteiger partial charge in [0.15, 0.2) is 0 Å². The molecule has 2 heterocycles. The molecule has 3 aromatic carbocycles. The highest BCUT2D eigenvalue weighted by Crippen LogP contribution is 2.42. The first-order valence-electron chi connectivity index (χ1n) is 10.8. The molecule has 0 radical (unpaired) electrons. The van der Waals surface area contributed by atoms with E-state index in [2.05, 4.69) is 54.0 Å². The third-order valence-corrected chi connectivity index (χ3v) is 6.70. The molecule has 0 spiro atoms. The highest BCUT2D eigenvalue weighted by Gasteiger charge is 2.21. The minimum atomic E-state index is -0.280. The molecule has 0 fully saturated rings. The van der Waals surface area contributed by atoms with Crippen molar-refractivity contribution in [1.82, 2.24) is 9.83 Å². The van der Waals surface area contributed by atoms with Gasteiger partial charge in [0.2, 0.25) is 0 Å². The number of fused-ring (bicyclic) bond motifs is 6. The Bertz CT molecular complexity index is 1500. The van der Waals surface area contributed by atoms with Crippen LogP contribution >= 0.6 is 0 Å². The Labute approximate surface area is 180 Å². The Morgan fingerprint density at radius 1 is 0.871 bits per heavy atom. The Kier molecular flexibility index (Phi) is 4.08. The molecule has 4 heteroatoms. The SMILES string of the molecule is NNC(=O)c1cccn2ccc(-c3cc4ccccc4c4ccc5c(c34)CCCC5)c12. The van der Waals surface area contributed by atoms with Crippen molar-refractivity contribution in [2.75, 3.05) is 0 Å². The molecule has 152 valence electrons. The van der Waals surface area contributed by atoms with E-state index < -0.39 is 0 Å². The van der Waals surface area contributed by atoms with Crippen LogP contribution in [0.3, 0.4) is 0 Å². The van der Waals surface area contributed by atoms with Crippen LogP contribution in [0.25, 0.3) is 38.2 Å². The molecule has 1 aliphatic rings. The van der Waals surface area contributed by atoms with E-state index in [9.17, 15) is 4.79 Å². The maximum atomic E-state index is 12.6. The first kappa shape index (κ1) is 18.2. The van der Waals surface area contributed by atoms with Crippen LogP contribution in [0.5, 0.6) is 0 Å². The van der Waals surface area contributed by atoms with Gasteiger partial charge >= 0.3 is 0 Å². The standard InChI is InChI=1S/C27H23N3O/c28-29-27(31)23-10-5-14-30-15-13-22(26(23)30)24-16-18-7-2-3-8-19(18)21-12-11-17-6-1-4-9-20(17)25(21)24/h2-3,5,7-8,10-16H,1,4,6,9,28H2,(H,29,31). The number of hydrogen-bond donors (Lipinski definition) is 2. The van der Waals surface area contributed by atoms with E-state index in [1.807, 2.05) is 28.9 Å². The number of hydrazine groups is 1. The van der Waals surface area contributed by atoms with Gasteiger partial charge in [0.1, 0.15) is 0 Å². The number of hydrogen-bond acceptors (Lipinski definition) is 2. The van der Waals surface area contributed by atoms with Gasteiger partial charge in [-0.05, 0) is 88.2 Å². The summed E-state index contributed by atoms with van der Waals surface area (Å²) >= 11 is 0. The Hall–Kier alpha value is -3.63. The molecule has 3 N–H and O–H groups in total. The van der Waals surface area contributed by atoms with Crippen LogP contribution < -0.4 is 11.3 Å². The fourth-order valence-corrected chi connectivity index (χ4v) is 5.31. The van der Waals surface area contributed by atoms with Crippen molar-refractivity contribution in [3.63, 3.8) is 0 Å². The first-order chi connectivity index (χ1) is 15.3. The van der Waals surface area contributed by atoms with Crippen molar-refractivity contribution in [2.45, 2.75) is 25.7 Å². The number of nitrogens with two attached hydrogens (primary N) is 1. The fraction of sp³-hybridized carbons (Fsp3) is 0.148. The van der Waals surface area contributed by atoms with Gasteiger partial charge in [0.05, 0.1) is 11.1 Å². The van der Waals surface area contributed by atoms with Crippen molar-refractivity contribution in [1.29, 1.82) is 0 Å². The summed E-state index contributed by atoms with van der Waals surface area (Å²) in [5.41, 5.74) is 8.94. The van der Waals surface area contributed by atoms with Gasteiger partial charge in [0, 0.05) is 18.0 Å². The molecule has 6 rings (SSSR count). The molecule has 31 heavy (non-hydrogen) atoms. The van der Waals surface area contributed by atoms with E-state index in [-0.39, 0.29) is 5.91 Å². The zero-order valence-electron chi connectivity index (χ0n) is 17.2. The second-order valence-electron chi connectivity index (χ2n) is 8.36. The van der Waals surface area contributed by atoms with Crippen LogP contribution in [0.4, 0.5) is 0 Å². The van der Waals surface area contributed by atoms with E-state index in [0.717, 1.165) is 23.9 Å². The third kappa shape index (κ3) is 2.69. The number of carbonyl (C=O) groups excluding carboxylic acids is 1. The molecule has 1 aliphatic carbocycles. The summed E-state index contributed by atoms with van der Waals surface area (Å²) in [6, 6.07) is 21.3. The number of amides is 1. The van der Waals surface area contributed by atoms with Crippen molar-refractivity contribution in [3.05, 3.63) is 89.7 Å². The van der Waals surface area contributed by atoms with Crippen LogP contribution in [0.2, 0.25) is 0 Å². The molecule has 0 bridgehead atoms. The average Bonchev–Trinajstić information content (AvgIpc) is 3.27. The van der Waals surface area contributed by atoms with Crippen molar-refractivity contribution < 1.29 is 4.79 Å². The summed E-state index contributed by atoms with van der Waals surface area (Å²) in [6.45, 7) is 0. The number of rotatable bonds is 2. The highest BCUT2D eigenvalue weighted by atomic mass is 16.2. The molecule has 1 amide bonds. The van der Waals surface area contributed by atoms with Gasteiger partial charge < -0.3 is 4.40 Å². The lowest BCUT2D eigenvalue weighted by Crippen LogP contribution is -2.30. The number of aryl methyl sites for hydroxylation is 2. The Morgan fingerprint density at radius 3 is 2.65 bits per heavy atom. The molecule has 4 nitrogen and oxygen atoms in total. The van der Waals surface area contributed by atoms with Crippen molar-refractivity contribution in [3.8, 4) is 11.1 Å². The van der Waals surface area contributed by atoms with E-state index >= 15 is 0 Å². The lowest BCUT2D eigenvalue weighted by molar-refractivity contribution is 0.0955. The molecular formula is C27H23N3O. The summed E-state index contributed by atoms with van der Waals surface area (Å²) in [4.78, 5) is 12.6. The predicted molar refractivity (Wildman–Crippen MR) is 126 cm³/mol. The van der Waals surface area contributed by atoms with Gasteiger partial charge in [-0.25, -0.2) is 5.84 Å². The molecule has 0 atom stereocenters. The lowest BCUT2D eigenvalue weighted by atomic mass is 9.83. The minimum absolute atomic E-state index is 0.280. The summed E-state index contributed by atoms with van der Waals surface area (Å²) in [7, 11) is 0. The maximum Gasteiger partial charge on any atom is 0.267 e. The second-order valence-corrected chi connectivity index (χ2v) is 8.36. The van der Waals surface area contributed by atoms with Crippen LogP contribution in [-0.4, -0.2) is 10.3 Å². The smallest absolute Gasteiger partial charge is 0.267 e. The molecule has 0 unspecified atom stereocenters. The first-order valence-corrected chi connectivity index (χ1v) is 10.8. The third-order valence-electron chi connectivity index (χ3n) is 6.70. The number of nitrogen functional groups attached to an aromatic ring is 1. The molecule has 2 aromatic heterocycles. The summed E-state index contributed by atoms with van der Waals surface area (Å²) in [5.74, 6) is 5.22. The topological polar surface area (TPSA) is 59.5 Å². The van der Waals surface area contributed by atoms with Crippen molar-refractivity contribution in [2.24, 2.45) is 5.84 Å². The zero-order valence-corrected chi connectivity index (χ0v) is 17.2. The quantitative estimate of drug-likeness (QED) is 0.179. The van der Waals surface area contributed by atoms with Crippen LogP contribution in [0.15, 0.2) is 73.1 Å². The van der Waals surface area contributed by atoms with Crippen LogP contribution in [0, 0.1) is 0 Å². The summed E-state index contributed by atoms with van der Waals surface area (Å²) in [6.07, 6.45) is 8.70. The molecule has 0 saturated carbocycles. The number of carbonyl (C=O) groups is 1. The highest BCUT2D eigenvalue weighted by molar-refractivity contribution is 6.17. The largest absolute Gasteiger partial charge is 0.322 e. The normalized spacial score (nSPS) is 13.6. The molecule has 5 aromatic rings. The lowest BCUT2D eigenvalue weighted by Gasteiger charge is -2.21. The van der Waals surface area contributed by atoms with Gasteiger partial charge in [-0.2, -0.15) is 0 Å². The van der Waals surface area contributed by atoms with Gasteiger partial charge in [0.25, 0.3) is 5.91 Å². The monoisotopic (exact) mass is 405 g/mol. The number of aromatic nitrogens is 1. The zero-order chi connectivity index (χ0) is 20.9. The fourth-order valence-electron chi connectivity index (χ4n) is 5.31. The van der Waals surface area contributed by atoms with E-state index in [0.29, 0.717) is 5.56 Å². The van der Waals surface area contributed by atoms with Gasteiger partial charge in [-0.15, -0.1) is 0 Å². The molecule has 0 saturated heterocycles. The number of pyridine rings is 1. The summed E-state index contributed by atoms with van der Waals surface area (Å²) in [5, 5.41) is 5.10. The number of nitrogens with one attached hydrogen (secondary N) is 1. The Morgan fingerprint density at radius 2 is 1.74 bits per heavy atom. The molecular weight excluding hydrogens is 382 g/mol. The minimum Gasteiger partial charge on any atom is -0.322 e. The van der Waals surface area contributed by atoms with E-state index in [4.69, 9.17) is 5.84 Å². The van der Waals surface area contributed by atoms with Crippen LogP contribution in [-0.2, 0) is 12.8 Å². The van der Waals surface area contributed by atoms with Crippen LogP contribution in [0.1, 0.15) is 34.3 Å². The van der Waals surface area contributed by atoms with E-state index in [1.165, 1.54) is 51.1 Å².